The fraction of sp³-hybridized carbons (Fsp3) is 0.214. The molecule has 0 spiro atoms. The second-order valence-corrected chi connectivity index (χ2v) is 9.55. The molecule has 0 radical (unpaired) electrons. The number of aromatic nitrogens is 4. The molecule has 0 amide bonds. The number of piperidine rings is 1. The molecule has 4 heterocycles. The molecule has 1 saturated heterocycles. The highest BCUT2D eigenvalue weighted by atomic mass is 35.5. The monoisotopic (exact) mass is 512 g/mol. The molecule has 37 heavy (non-hydrogen) atoms. The number of benzene rings is 2. The Morgan fingerprint density at radius 2 is 1.86 bits per heavy atom. The highest BCUT2D eigenvalue weighted by molar-refractivity contribution is 6.32. The van der Waals surface area contributed by atoms with Crippen molar-refractivity contribution < 1.29 is 4.39 Å². The van der Waals surface area contributed by atoms with E-state index in [-0.39, 0.29) is 22.6 Å². The van der Waals surface area contributed by atoms with Gasteiger partial charge >= 0.3 is 0 Å². The largest absolute Gasteiger partial charge is 0.357 e. The van der Waals surface area contributed by atoms with Gasteiger partial charge in [0, 0.05) is 24.7 Å². The fourth-order valence-electron chi connectivity index (χ4n) is 5.17. The third-order valence-corrected chi connectivity index (χ3v) is 7.21. The summed E-state index contributed by atoms with van der Waals surface area (Å²) in [6.45, 7) is 1.67. The van der Waals surface area contributed by atoms with E-state index in [4.69, 9.17) is 11.6 Å². The summed E-state index contributed by atoms with van der Waals surface area (Å²) in [7, 11) is 0. The summed E-state index contributed by atoms with van der Waals surface area (Å²) in [5.74, 6) is 0.0825. The summed E-state index contributed by atoms with van der Waals surface area (Å²) in [4.78, 5) is 25.2. The molecular formula is C28H22ClFN6O. The van der Waals surface area contributed by atoms with Crippen molar-refractivity contribution in [1.29, 1.82) is 5.26 Å². The number of nitrogens with zero attached hydrogens (tertiary/aromatic N) is 6. The predicted octanol–water partition coefficient (Wildman–Crippen LogP) is 5.44. The number of fused-ring (bicyclic) bond motifs is 2. The van der Waals surface area contributed by atoms with E-state index in [9.17, 15) is 14.4 Å². The van der Waals surface area contributed by atoms with Crippen LogP contribution in [0, 0.1) is 17.1 Å². The first-order valence-corrected chi connectivity index (χ1v) is 12.5. The van der Waals surface area contributed by atoms with Crippen molar-refractivity contribution in [2.75, 3.05) is 18.0 Å². The number of halogens is 2. The molecule has 0 unspecified atom stereocenters. The quantitative estimate of drug-likeness (QED) is 0.320. The molecule has 184 valence electrons. The predicted molar refractivity (Wildman–Crippen MR) is 142 cm³/mol. The van der Waals surface area contributed by atoms with Gasteiger partial charge in [0.1, 0.15) is 34.3 Å². The van der Waals surface area contributed by atoms with E-state index in [2.05, 4.69) is 20.9 Å². The van der Waals surface area contributed by atoms with Crippen LogP contribution < -0.4 is 10.5 Å². The zero-order chi connectivity index (χ0) is 25.5. The van der Waals surface area contributed by atoms with Crippen LogP contribution in [0.1, 0.15) is 30.5 Å². The topological polar surface area (TPSA) is 79.7 Å². The first kappa shape index (κ1) is 23.2. The minimum absolute atomic E-state index is 0.144. The smallest absolute Gasteiger partial charge is 0.278 e. The summed E-state index contributed by atoms with van der Waals surface area (Å²) in [5, 5.41) is 12.3. The van der Waals surface area contributed by atoms with E-state index in [0.29, 0.717) is 22.6 Å². The lowest BCUT2D eigenvalue weighted by Crippen LogP contribution is -2.32. The maximum absolute atomic E-state index is 14.0. The van der Waals surface area contributed by atoms with E-state index in [0.717, 1.165) is 48.8 Å². The molecule has 0 atom stereocenters. The van der Waals surface area contributed by atoms with Gasteiger partial charge < -0.3 is 4.90 Å². The fourth-order valence-corrected chi connectivity index (χ4v) is 5.43. The molecule has 5 aromatic rings. The van der Waals surface area contributed by atoms with Gasteiger partial charge in [-0.1, -0.05) is 35.9 Å². The maximum Gasteiger partial charge on any atom is 0.278 e. The Balaban J connectivity index is 1.62. The summed E-state index contributed by atoms with van der Waals surface area (Å²) in [5.41, 5.74) is 1.67. The molecule has 0 saturated carbocycles. The molecule has 6 rings (SSSR count). The van der Waals surface area contributed by atoms with Crippen molar-refractivity contribution in [1.82, 2.24) is 19.1 Å². The molecule has 1 aliphatic heterocycles. The van der Waals surface area contributed by atoms with Crippen LogP contribution in [0.3, 0.4) is 0 Å². The zero-order valence-corrected chi connectivity index (χ0v) is 20.6. The van der Waals surface area contributed by atoms with Crippen LogP contribution in [0.2, 0.25) is 5.02 Å². The second kappa shape index (κ2) is 9.34. The Labute approximate surface area is 217 Å². The number of pyridine rings is 1. The summed E-state index contributed by atoms with van der Waals surface area (Å²) >= 11 is 6.51. The van der Waals surface area contributed by atoms with Crippen molar-refractivity contribution >= 4 is 39.2 Å². The Hall–Kier alpha value is -4.22. The van der Waals surface area contributed by atoms with Gasteiger partial charge in [0.15, 0.2) is 0 Å². The average molecular weight is 513 g/mol. The molecular weight excluding hydrogens is 491 g/mol. The minimum atomic E-state index is -0.484. The standard InChI is InChI=1S/C28H22ClFN6O/c29-22-14-19(30)8-9-24(22)36-26-25(21(15-31)27(36)34-12-4-1-5-13-34)33-17-35(28(26)37)16-23-20-7-3-2-6-18(20)10-11-32-23/h2-3,6-11,14,17H,1,4-5,12-13,16H2. The molecule has 1 fully saturated rings. The molecule has 0 bridgehead atoms. The molecule has 0 N–H and O–H groups in total. The highest BCUT2D eigenvalue weighted by Gasteiger charge is 2.28. The van der Waals surface area contributed by atoms with Gasteiger partial charge in [-0.15, -0.1) is 0 Å². The SMILES string of the molecule is N#Cc1c(N2CCCCC2)n(-c2ccc(F)cc2Cl)c2c(=O)n(Cc3nccc4ccccc34)cnc12. The summed E-state index contributed by atoms with van der Waals surface area (Å²) < 4.78 is 17.2. The second-order valence-electron chi connectivity index (χ2n) is 9.14. The third kappa shape index (κ3) is 3.92. The third-order valence-electron chi connectivity index (χ3n) is 6.90. The van der Waals surface area contributed by atoms with E-state index in [1.165, 1.54) is 29.1 Å². The van der Waals surface area contributed by atoms with Crippen molar-refractivity contribution in [3.05, 3.63) is 93.5 Å². The summed E-state index contributed by atoms with van der Waals surface area (Å²) in [6.07, 6.45) is 6.21. The van der Waals surface area contributed by atoms with Crippen molar-refractivity contribution in [3.63, 3.8) is 0 Å². The Kier molecular flexibility index (Phi) is 5.85. The van der Waals surface area contributed by atoms with Crippen LogP contribution in [0.5, 0.6) is 0 Å². The number of hydrogen-bond acceptors (Lipinski definition) is 5. The van der Waals surface area contributed by atoms with Gasteiger partial charge in [-0.05, 0) is 48.9 Å². The minimum Gasteiger partial charge on any atom is -0.357 e. The highest BCUT2D eigenvalue weighted by Crippen LogP contribution is 2.37. The normalized spacial score (nSPS) is 13.8. The van der Waals surface area contributed by atoms with Crippen LogP contribution >= 0.6 is 11.6 Å². The molecule has 0 aliphatic carbocycles. The van der Waals surface area contributed by atoms with Gasteiger partial charge in [-0.3, -0.25) is 18.9 Å². The maximum atomic E-state index is 14.0. The lowest BCUT2D eigenvalue weighted by molar-refractivity contribution is 0.571. The van der Waals surface area contributed by atoms with Gasteiger partial charge in [-0.25, -0.2) is 9.37 Å². The lowest BCUT2D eigenvalue weighted by atomic mass is 10.1. The molecule has 1 aliphatic rings. The number of hydrogen-bond donors (Lipinski definition) is 0. The van der Waals surface area contributed by atoms with Crippen LogP contribution in [0.15, 0.2) is 65.8 Å². The van der Waals surface area contributed by atoms with Crippen molar-refractivity contribution in [3.8, 4) is 11.8 Å². The van der Waals surface area contributed by atoms with Gasteiger partial charge in [0.2, 0.25) is 0 Å². The molecule has 2 aromatic carbocycles. The first-order valence-electron chi connectivity index (χ1n) is 12.1. The van der Waals surface area contributed by atoms with Gasteiger partial charge in [-0.2, -0.15) is 5.26 Å². The number of rotatable bonds is 4. The van der Waals surface area contributed by atoms with Crippen LogP contribution in [-0.2, 0) is 6.54 Å². The van der Waals surface area contributed by atoms with E-state index >= 15 is 0 Å². The number of anilines is 1. The van der Waals surface area contributed by atoms with E-state index in [1.807, 2.05) is 30.3 Å². The van der Waals surface area contributed by atoms with E-state index in [1.54, 1.807) is 10.8 Å². The zero-order valence-electron chi connectivity index (χ0n) is 19.9. The molecule has 9 heteroatoms. The van der Waals surface area contributed by atoms with E-state index < -0.39 is 5.82 Å². The molecule has 3 aromatic heterocycles. The lowest BCUT2D eigenvalue weighted by Gasteiger charge is -2.30. The van der Waals surface area contributed by atoms with Gasteiger partial charge in [0.05, 0.1) is 29.3 Å². The summed E-state index contributed by atoms with van der Waals surface area (Å²) in [6, 6.07) is 16.1. The Morgan fingerprint density at radius 1 is 1.05 bits per heavy atom. The van der Waals surface area contributed by atoms with Crippen molar-refractivity contribution in [2.45, 2.75) is 25.8 Å². The average Bonchev–Trinajstić information content (AvgIpc) is 3.25. The molecule has 7 nitrogen and oxygen atoms in total. The number of nitriles is 1. The van der Waals surface area contributed by atoms with Crippen molar-refractivity contribution in [2.24, 2.45) is 0 Å². The first-order chi connectivity index (χ1) is 18.1. The van der Waals surface area contributed by atoms with Gasteiger partial charge in [0.25, 0.3) is 5.56 Å². The van der Waals surface area contributed by atoms with Crippen LogP contribution in [0.25, 0.3) is 27.5 Å². The van der Waals surface area contributed by atoms with Crippen LogP contribution in [0.4, 0.5) is 10.2 Å². The Morgan fingerprint density at radius 3 is 2.65 bits per heavy atom. The van der Waals surface area contributed by atoms with Crippen LogP contribution in [-0.4, -0.2) is 32.2 Å². The Bertz CT molecular complexity index is 1760.